The molecule has 1 amide bonds. The maximum atomic E-state index is 12.6. The molecule has 0 aromatic carbocycles. The molecule has 6 heteroatoms. The Bertz CT molecular complexity index is 296. The third-order valence-electron chi connectivity index (χ3n) is 2.61. The number of carboxylic acid groups (broad SMARTS) is 1. The fraction of sp³-hybridized carbons (Fsp3) is 0.778. The van der Waals surface area contributed by atoms with Gasteiger partial charge in [-0.15, -0.1) is 0 Å². The standard InChI is InChI=1S/C9H13F2NO3/c1-8(7(14)15,5-3-4-5)12-6(13)9(2,10)11/h5H,3-4H2,1-2H3,(H,12,13)(H,14,15). The topological polar surface area (TPSA) is 66.4 Å². The minimum atomic E-state index is -3.55. The van der Waals surface area contributed by atoms with Crippen LogP contribution >= 0.6 is 0 Å². The quantitative estimate of drug-likeness (QED) is 0.744. The fourth-order valence-corrected chi connectivity index (χ4v) is 1.34. The molecule has 1 atom stereocenters. The second-order valence-electron chi connectivity index (χ2n) is 4.12. The molecule has 0 saturated heterocycles. The van der Waals surface area contributed by atoms with Gasteiger partial charge in [-0.2, -0.15) is 8.78 Å². The summed E-state index contributed by atoms with van der Waals surface area (Å²) in [5.41, 5.74) is -1.57. The Morgan fingerprint density at radius 3 is 2.07 bits per heavy atom. The van der Waals surface area contributed by atoms with Crippen molar-refractivity contribution in [3.63, 3.8) is 0 Å². The van der Waals surface area contributed by atoms with Crippen molar-refractivity contribution in [3.05, 3.63) is 0 Å². The van der Waals surface area contributed by atoms with Gasteiger partial charge in [0.1, 0.15) is 5.54 Å². The van der Waals surface area contributed by atoms with Crippen LogP contribution in [0.4, 0.5) is 8.78 Å². The highest BCUT2D eigenvalue weighted by atomic mass is 19.3. The van der Waals surface area contributed by atoms with Gasteiger partial charge < -0.3 is 10.4 Å². The lowest BCUT2D eigenvalue weighted by atomic mass is 9.95. The number of carboxylic acids is 1. The Hall–Kier alpha value is -1.20. The van der Waals surface area contributed by atoms with Crippen molar-refractivity contribution < 1.29 is 23.5 Å². The average Bonchev–Trinajstić information content (AvgIpc) is 2.83. The number of hydrogen-bond acceptors (Lipinski definition) is 2. The van der Waals surface area contributed by atoms with Crippen LogP contribution in [0.5, 0.6) is 0 Å². The molecule has 0 aromatic heterocycles. The van der Waals surface area contributed by atoms with Crippen molar-refractivity contribution in [2.75, 3.05) is 0 Å². The number of aliphatic carboxylic acids is 1. The van der Waals surface area contributed by atoms with Gasteiger partial charge in [0.05, 0.1) is 0 Å². The highest BCUT2D eigenvalue weighted by molar-refractivity contribution is 5.90. The van der Waals surface area contributed by atoms with Crippen molar-refractivity contribution >= 4 is 11.9 Å². The molecular formula is C9H13F2NO3. The van der Waals surface area contributed by atoms with Gasteiger partial charge in [0.2, 0.25) is 0 Å². The van der Waals surface area contributed by atoms with Gasteiger partial charge in [-0.25, -0.2) is 4.79 Å². The van der Waals surface area contributed by atoms with E-state index < -0.39 is 23.3 Å². The lowest BCUT2D eigenvalue weighted by molar-refractivity contribution is -0.154. The number of rotatable bonds is 4. The van der Waals surface area contributed by atoms with Crippen molar-refractivity contribution in [1.82, 2.24) is 5.32 Å². The van der Waals surface area contributed by atoms with E-state index in [1.54, 1.807) is 0 Å². The monoisotopic (exact) mass is 221 g/mol. The second-order valence-corrected chi connectivity index (χ2v) is 4.12. The van der Waals surface area contributed by atoms with Crippen LogP contribution in [0.25, 0.3) is 0 Å². The molecule has 86 valence electrons. The highest BCUT2D eigenvalue weighted by Crippen LogP contribution is 2.40. The van der Waals surface area contributed by atoms with Gasteiger partial charge in [0.15, 0.2) is 0 Å². The average molecular weight is 221 g/mol. The van der Waals surface area contributed by atoms with Gasteiger partial charge in [-0.3, -0.25) is 4.79 Å². The van der Waals surface area contributed by atoms with E-state index in [9.17, 15) is 18.4 Å². The summed E-state index contributed by atoms with van der Waals surface area (Å²) < 4.78 is 25.2. The van der Waals surface area contributed by atoms with Crippen LogP contribution in [-0.4, -0.2) is 28.4 Å². The zero-order chi connectivity index (χ0) is 11.9. The molecule has 1 aliphatic carbocycles. The molecule has 0 spiro atoms. The summed E-state index contributed by atoms with van der Waals surface area (Å²) in [6.07, 6.45) is 1.27. The highest BCUT2D eigenvalue weighted by Gasteiger charge is 2.50. The molecule has 0 radical (unpaired) electrons. The minimum Gasteiger partial charge on any atom is -0.480 e. The summed E-state index contributed by atoms with van der Waals surface area (Å²) in [5.74, 6) is -6.62. The first-order chi connectivity index (χ1) is 6.68. The molecule has 0 aliphatic heterocycles. The maximum Gasteiger partial charge on any atom is 0.329 e. The molecule has 0 bridgehead atoms. The summed E-state index contributed by atoms with van der Waals surface area (Å²) in [6.45, 7) is 1.70. The summed E-state index contributed by atoms with van der Waals surface area (Å²) in [7, 11) is 0. The van der Waals surface area contributed by atoms with Crippen molar-refractivity contribution in [1.29, 1.82) is 0 Å². The molecule has 1 aliphatic rings. The van der Waals surface area contributed by atoms with E-state index in [2.05, 4.69) is 0 Å². The lowest BCUT2D eigenvalue weighted by Crippen LogP contribution is -2.57. The Morgan fingerprint density at radius 2 is 1.80 bits per heavy atom. The Kier molecular flexibility index (Phi) is 2.71. The van der Waals surface area contributed by atoms with Crippen LogP contribution in [-0.2, 0) is 9.59 Å². The number of alkyl halides is 2. The van der Waals surface area contributed by atoms with Gasteiger partial charge in [0.25, 0.3) is 5.91 Å². The number of hydrogen-bond donors (Lipinski definition) is 2. The molecule has 1 rings (SSSR count). The van der Waals surface area contributed by atoms with E-state index in [0.717, 1.165) is 0 Å². The summed E-state index contributed by atoms with van der Waals surface area (Å²) in [4.78, 5) is 21.9. The van der Waals surface area contributed by atoms with Gasteiger partial charge in [-0.1, -0.05) is 0 Å². The van der Waals surface area contributed by atoms with Gasteiger partial charge >= 0.3 is 11.9 Å². The normalized spacial score (nSPS) is 20.5. The molecular weight excluding hydrogens is 208 g/mol. The molecule has 2 N–H and O–H groups in total. The summed E-state index contributed by atoms with van der Waals surface area (Å²) in [5, 5.41) is 10.8. The maximum absolute atomic E-state index is 12.6. The fourth-order valence-electron chi connectivity index (χ4n) is 1.34. The molecule has 4 nitrogen and oxygen atoms in total. The number of carbonyl (C=O) groups excluding carboxylic acids is 1. The number of nitrogens with one attached hydrogen (secondary N) is 1. The van der Waals surface area contributed by atoms with Crippen molar-refractivity contribution in [2.24, 2.45) is 5.92 Å². The van der Waals surface area contributed by atoms with Crippen LogP contribution in [0.2, 0.25) is 0 Å². The van der Waals surface area contributed by atoms with E-state index in [1.807, 2.05) is 5.32 Å². The molecule has 15 heavy (non-hydrogen) atoms. The number of carbonyl (C=O) groups is 2. The zero-order valence-corrected chi connectivity index (χ0v) is 8.51. The van der Waals surface area contributed by atoms with E-state index in [4.69, 9.17) is 5.11 Å². The van der Waals surface area contributed by atoms with Gasteiger partial charge in [0, 0.05) is 6.92 Å². The third kappa shape index (κ3) is 2.43. The first-order valence-corrected chi connectivity index (χ1v) is 4.61. The lowest BCUT2D eigenvalue weighted by Gasteiger charge is -2.27. The largest absolute Gasteiger partial charge is 0.480 e. The van der Waals surface area contributed by atoms with Crippen molar-refractivity contribution in [2.45, 2.75) is 38.2 Å². The smallest absolute Gasteiger partial charge is 0.329 e. The van der Waals surface area contributed by atoms with Crippen LogP contribution < -0.4 is 5.32 Å². The molecule has 1 saturated carbocycles. The molecule has 0 heterocycles. The minimum absolute atomic E-state index is 0.249. The van der Waals surface area contributed by atoms with E-state index in [-0.39, 0.29) is 5.92 Å². The van der Waals surface area contributed by atoms with Crippen LogP contribution in [0.15, 0.2) is 0 Å². The van der Waals surface area contributed by atoms with Gasteiger partial charge in [-0.05, 0) is 25.7 Å². The van der Waals surface area contributed by atoms with Crippen LogP contribution in [0.3, 0.4) is 0 Å². The third-order valence-corrected chi connectivity index (χ3v) is 2.61. The predicted octanol–water partition coefficient (Wildman–Crippen LogP) is 1.01. The van der Waals surface area contributed by atoms with Crippen LogP contribution in [0.1, 0.15) is 26.7 Å². The molecule has 1 fully saturated rings. The van der Waals surface area contributed by atoms with Crippen LogP contribution in [0, 0.1) is 5.92 Å². The van der Waals surface area contributed by atoms with E-state index >= 15 is 0 Å². The van der Waals surface area contributed by atoms with E-state index in [0.29, 0.717) is 19.8 Å². The Labute approximate surface area is 85.7 Å². The number of amides is 1. The van der Waals surface area contributed by atoms with E-state index in [1.165, 1.54) is 6.92 Å². The first-order valence-electron chi connectivity index (χ1n) is 4.61. The zero-order valence-electron chi connectivity index (χ0n) is 8.51. The Balaban J connectivity index is 2.76. The summed E-state index contributed by atoms with van der Waals surface area (Å²) in [6, 6.07) is 0. The first kappa shape index (κ1) is 11.9. The SMILES string of the molecule is CC(F)(F)C(=O)NC(C)(C(=O)O)C1CC1. The second kappa shape index (κ2) is 3.43. The Morgan fingerprint density at radius 1 is 1.33 bits per heavy atom. The molecule has 0 aromatic rings. The predicted molar refractivity (Wildman–Crippen MR) is 47.5 cm³/mol. The van der Waals surface area contributed by atoms with Crippen molar-refractivity contribution in [3.8, 4) is 0 Å². The summed E-state index contributed by atoms with van der Waals surface area (Å²) >= 11 is 0. The molecule has 1 unspecified atom stereocenters. The number of halogens is 2.